The van der Waals surface area contributed by atoms with Gasteiger partial charge in [0, 0.05) is 4.90 Å². The van der Waals surface area contributed by atoms with Crippen LogP contribution in [-0.4, -0.2) is 11.1 Å². The molecule has 0 bridgehead atoms. The maximum Gasteiger partial charge on any atom is 0.250 e. The first-order valence-corrected chi connectivity index (χ1v) is 7.37. The third-order valence-electron chi connectivity index (χ3n) is 3.62. The number of carbonyl (C=O) groups excluding carboxylic acids is 1. The fourth-order valence-corrected chi connectivity index (χ4v) is 3.81. The topological polar surface area (TPSA) is 32.7 Å². The molecule has 3 nitrogen and oxygen atoms in total. The highest BCUT2D eigenvalue weighted by Crippen LogP contribution is 2.47. The molecule has 2 heterocycles. The van der Waals surface area contributed by atoms with E-state index in [-0.39, 0.29) is 11.9 Å². The summed E-state index contributed by atoms with van der Waals surface area (Å²) in [5.74, 6) is -0.0367. The Labute approximate surface area is 121 Å². The number of nitrogens with zero attached hydrogens (tertiary/aromatic N) is 2. The van der Waals surface area contributed by atoms with Crippen LogP contribution in [-0.2, 0) is 4.79 Å². The van der Waals surface area contributed by atoms with E-state index in [4.69, 9.17) is 0 Å². The second-order valence-corrected chi connectivity index (χ2v) is 5.87. The summed E-state index contributed by atoms with van der Waals surface area (Å²) in [6.07, 6.45) is 0.433. The van der Waals surface area contributed by atoms with Crippen LogP contribution in [0.5, 0.6) is 0 Å². The van der Waals surface area contributed by atoms with Gasteiger partial charge >= 0.3 is 0 Å². The van der Waals surface area contributed by atoms with Crippen molar-refractivity contribution in [3.63, 3.8) is 0 Å². The Hall–Kier alpha value is -2.07. The average molecular weight is 280 g/mol. The van der Waals surface area contributed by atoms with Gasteiger partial charge in [0.25, 0.3) is 5.91 Å². The SMILES string of the molecule is O=C1CC(c2ccccc2)N2C(=N1)Sc1ccccc12. The van der Waals surface area contributed by atoms with E-state index >= 15 is 0 Å². The van der Waals surface area contributed by atoms with E-state index in [0.717, 1.165) is 16.4 Å². The van der Waals surface area contributed by atoms with E-state index < -0.39 is 0 Å². The monoisotopic (exact) mass is 280 g/mol. The number of rotatable bonds is 1. The van der Waals surface area contributed by atoms with Gasteiger partial charge < -0.3 is 4.90 Å². The van der Waals surface area contributed by atoms with Crippen LogP contribution in [0.3, 0.4) is 0 Å². The largest absolute Gasteiger partial charge is 0.311 e. The molecule has 0 saturated heterocycles. The van der Waals surface area contributed by atoms with Gasteiger partial charge in [-0.25, -0.2) is 0 Å². The third-order valence-corrected chi connectivity index (χ3v) is 4.65. The number of amidine groups is 1. The molecular weight excluding hydrogens is 268 g/mol. The van der Waals surface area contributed by atoms with Gasteiger partial charge in [-0.15, -0.1) is 0 Å². The Bertz CT molecular complexity index is 711. The third kappa shape index (κ3) is 1.76. The summed E-state index contributed by atoms with van der Waals surface area (Å²) in [4.78, 5) is 19.5. The van der Waals surface area contributed by atoms with Crippen molar-refractivity contribution in [2.45, 2.75) is 17.4 Å². The fraction of sp³-hybridized carbons (Fsp3) is 0.125. The average Bonchev–Trinajstić information content (AvgIpc) is 2.85. The molecule has 20 heavy (non-hydrogen) atoms. The summed E-state index contributed by atoms with van der Waals surface area (Å²) >= 11 is 1.58. The van der Waals surface area contributed by atoms with Crippen molar-refractivity contribution in [1.29, 1.82) is 0 Å². The molecule has 0 fully saturated rings. The predicted molar refractivity (Wildman–Crippen MR) is 81.0 cm³/mol. The number of aliphatic imine (C=N–C) groups is 1. The van der Waals surface area contributed by atoms with Gasteiger partial charge in [-0.3, -0.25) is 4.79 Å². The molecule has 0 N–H and O–H groups in total. The smallest absolute Gasteiger partial charge is 0.250 e. The lowest BCUT2D eigenvalue weighted by Crippen LogP contribution is -2.35. The maximum atomic E-state index is 11.9. The Balaban J connectivity index is 1.85. The van der Waals surface area contributed by atoms with E-state index in [2.05, 4.69) is 34.2 Å². The molecule has 4 rings (SSSR count). The van der Waals surface area contributed by atoms with E-state index in [1.165, 1.54) is 4.90 Å². The van der Waals surface area contributed by atoms with Crippen LogP contribution in [0.15, 0.2) is 64.5 Å². The Morgan fingerprint density at radius 3 is 2.65 bits per heavy atom. The molecule has 1 unspecified atom stereocenters. The highest BCUT2D eigenvalue weighted by Gasteiger charge is 2.37. The summed E-state index contributed by atoms with van der Waals surface area (Å²) in [5, 5.41) is 0.802. The van der Waals surface area contributed by atoms with Gasteiger partial charge in [0.15, 0.2) is 5.17 Å². The van der Waals surface area contributed by atoms with E-state index in [0.29, 0.717) is 6.42 Å². The van der Waals surface area contributed by atoms with Crippen LogP contribution in [0.2, 0.25) is 0 Å². The molecule has 0 aliphatic carbocycles. The zero-order valence-electron chi connectivity index (χ0n) is 10.7. The molecule has 2 aliphatic heterocycles. The molecule has 98 valence electrons. The quantitative estimate of drug-likeness (QED) is 0.799. The molecule has 0 aromatic heterocycles. The van der Waals surface area contributed by atoms with Crippen molar-refractivity contribution < 1.29 is 4.79 Å². The molecule has 2 aliphatic rings. The van der Waals surface area contributed by atoms with Gasteiger partial charge in [0.2, 0.25) is 0 Å². The number of amides is 1. The first kappa shape index (κ1) is 11.7. The van der Waals surface area contributed by atoms with Crippen molar-refractivity contribution in [3.05, 3.63) is 60.2 Å². The second kappa shape index (κ2) is 4.49. The minimum Gasteiger partial charge on any atom is -0.311 e. The maximum absolute atomic E-state index is 11.9. The summed E-state index contributed by atoms with van der Waals surface area (Å²) in [6.45, 7) is 0. The number of fused-ring (bicyclic) bond motifs is 3. The Morgan fingerprint density at radius 2 is 1.80 bits per heavy atom. The van der Waals surface area contributed by atoms with Gasteiger partial charge in [0.1, 0.15) is 0 Å². The molecule has 4 heteroatoms. The lowest BCUT2D eigenvalue weighted by Gasteiger charge is -2.32. The number of hydrogen-bond acceptors (Lipinski definition) is 3. The van der Waals surface area contributed by atoms with Crippen molar-refractivity contribution in [1.82, 2.24) is 0 Å². The van der Waals surface area contributed by atoms with Crippen molar-refractivity contribution in [3.8, 4) is 0 Å². The Morgan fingerprint density at radius 1 is 1.05 bits per heavy atom. The highest BCUT2D eigenvalue weighted by molar-refractivity contribution is 8.14. The molecular formula is C16H12N2OS. The first-order valence-electron chi connectivity index (χ1n) is 6.55. The number of thioether (sulfide) groups is 1. The van der Waals surface area contributed by atoms with E-state index in [9.17, 15) is 4.79 Å². The summed E-state index contributed by atoms with van der Waals surface area (Å²) in [6, 6.07) is 18.4. The molecule has 1 amide bonds. The zero-order chi connectivity index (χ0) is 13.5. The Kier molecular flexibility index (Phi) is 2.63. The number of hydrogen-bond donors (Lipinski definition) is 0. The zero-order valence-corrected chi connectivity index (χ0v) is 11.5. The fourth-order valence-electron chi connectivity index (χ4n) is 2.72. The molecule has 2 aromatic carbocycles. The molecule has 1 atom stereocenters. The van der Waals surface area contributed by atoms with Crippen LogP contribution in [0.4, 0.5) is 5.69 Å². The van der Waals surface area contributed by atoms with Gasteiger partial charge in [-0.05, 0) is 29.5 Å². The van der Waals surface area contributed by atoms with Gasteiger partial charge in [-0.1, -0.05) is 42.5 Å². The van der Waals surface area contributed by atoms with Gasteiger partial charge in [0.05, 0.1) is 18.2 Å². The van der Waals surface area contributed by atoms with Crippen LogP contribution >= 0.6 is 11.8 Å². The number of carbonyl (C=O) groups is 1. The summed E-state index contributed by atoms with van der Waals surface area (Å²) < 4.78 is 0. The molecule has 2 aromatic rings. The first-order chi connectivity index (χ1) is 9.83. The van der Waals surface area contributed by atoms with Crippen molar-refractivity contribution in [2.75, 3.05) is 4.90 Å². The van der Waals surface area contributed by atoms with E-state index in [1.54, 1.807) is 11.8 Å². The second-order valence-electron chi connectivity index (χ2n) is 4.86. The lowest BCUT2D eigenvalue weighted by molar-refractivity contribution is -0.118. The highest BCUT2D eigenvalue weighted by atomic mass is 32.2. The lowest BCUT2D eigenvalue weighted by atomic mass is 10.0. The molecule has 0 saturated carbocycles. The van der Waals surface area contributed by atoms with Crippen molar-refractivity contribution in [2.24, 2.45) is 4.99 Å². The van der Waals surface area contributed by atoms with Crippen LogP contribution in [0.1, 0.15) is 18.0 Å². The number of para-hydroxylation sites is 1. The van der Waals surface area contributed by atoms with Crippen LogP contribution < -0.4 is 4.90 Å². The molecule has 0 spiro atoms. The minimum atomic E-state index is -0.0367. The summed E-state index contributed by atoms with van der Waals surface area (Å²) in [7, 11) is 0. The predicted octanol–water partition coefficient (Wildman–Crippen LogP) is 3.63. The minimum absolute atomic E-state index is 0.0367. The normalized spacial score (nSPS) is 20.4. The molecule has 0 radical (unpaired) electrons. The van der Waals surface area contributed by atoms with E-state index in [1.807, 2.05) is 30.3 Å². The standard InChI is InChI=1S/C16H12N2OS/c19-15-10-13(11-6-2-1-3-7-11)18-12-8-4-5-9-14(12)20-16(18)17-15/h1-9,13H,10H2. The van der Waals surface area contributed by atoms with Crippen molar-refractivity contribution >= 4 is 28.5 Å². The van der Waals surface area contributed by atoms with Gasteiger partial charge in [-0.2, -0.15) is 4.99 Å². The van der Waals surface area contributed by atoms with Crippen LogP contribution in [0.25, 0.3) is 0 Å². The van der Waals surface area contributed by atoms with Crippen LogP contribution in [0, 0.1) is 0 Å². The number of anilines is 1. The summed E-state index contributed by atoms with van der Waals surface area (Å²) in [5.41, 5.74) is 2.31. The number of benzene rings is 2.